The molecule has 1 aromatic carbocycles. The molecule has 0 fully saturated rings. The van der Waals surface area contributed by atoms with E-state index in [-0.39, 0.29) is 5.57 Å². The minimum Gasteiger partial charge on any atom is -0.400 e. The predicted octanol–water partition coefficient (Wildman–Crippen LogP) is 3.22. The summed E-state index contributed by atoms with van der Waals surface area (Å²) in [4.78, 5) is 0. The molecular weight excluding hydrogens is 279 g/mol. The van der Waals surface area contributed by atoms with Gasteiger partial charge < -0.3 is 4.74 Å². The van der Waals surface area contributed by atoms with Crippen LogP contribution in [-0.4, -0.2) is 6.36 Å². The molecule has 0 aromatic heterocycles. The number of ether oxygens (including phenoxy) is 1. The maximum Gasteiger partial charge on any atom is 0.573 e. The average Bonchev–Trinajstić information content (AvgIpc) is 2.33. The van der Waals surface area contributed by atoms with Crippen LogP contribution < -0.4 is 10.4 Å². The zero-order valence-electron chi connectivity index (χ0n) is 10.1. The molecule has 1 nitrogen and oxygen atoms in total. The highest BCUT2D eigenvalue weighted by molar-refractivity contribution is 5.64. The Balaban J connectivity index is 2.42. The van der Waals surface area contributed by atoms with Crippen molar-refractivity contribution in [3.05, 3.63) is 58.2 Å². The third-order valence-corrected chi connectivity index (χ3v) is 2.65. The highest BCUT2D eigenvalue weighted by Gasteiger charge is 2.36. The minimum absolute atomic E-state index is 0.231. The summed E-state index contributed by atoms with van der Waals surface area (Å²) in [6.07, 6.45) is -4.76. The molecule has 2 rings (SSSR count). The van der Waals surface area contributed by atoms with Gasteiger partial charge in [0.1, 0.15) is 5.83 Å². The molecule has 0 radical (unpaired) electrons. The number of halogens is 5. The van der Waals surface area contributed by atoms with Gasteiger partial charge in [0.25, 0.3) is 0 Å². The molecule has 0 N–H and O–H groups in total. The predicted molar refractivity (Wildman–Crippen MR) is 63.7 cm³/mol. The van der Waals surface area contributed by atoms with E-state index in [0.717, 1.165) is 6.08 Å². The Labute approximate surface area is 111 Å². The van der Waals surface area contributed by atoms with E-state index in [4.69, 9.17) is 0 Å². The Kier molecular flexibility index (Phi) is 3.65. The lowest BCUT2D eigenvalue weighted by molar-refractivity contribution is -0.305. The van der Waals surface area contributed by atoms with Crippen LogP contribution in [0.25, 0.3) is 12.2 Å². The summed E-state index contributed by atoms with van der Waals surface area (Å²) >= 11 is 0. The lowest BCUT2D eigenvalue weighted by atomic mass is 10.0. The summed E-state index contributed by atoms with van der Waals surface area (Å²) < 4.78 is 66.5. The van der Waals surface area contributed by atoms with Crippen LogP contribution >= 0.6 is 0 Å². The van der Waals surface area contributed by atoms with E-state index >= 15 is 0 Å². The van der Waals surface area contributed by atoms with Gasteiger partial charge in [-0.2, -0.15) is 0 Å². The van der Waals surface area contributed by atoms with E-state index in [1.165, 1.54) is 0 Å². The number of rotatable bonds is 1. The van der Waals surface area contributed by atoms with Gasteiger partial charge >= 0.3 is 6.36 Å². The third kappa shape index (κ3) is 3.26. The number of alkyl halides is 3. The van der Waals surface area contributed by atoms with Crippen molar-refractivity contribution in [3.8, 4) is 0 Å². The van der Waals surface area contributed by atoms with Crippen molar-refractivity contribution in [1.82, 2.24) is 0 Å². The molecule has 106 valence electrons. The monoisotopic (exact) mass is 288 g/mol. The van der Waals surface area contributed by atoms with Gasteiger partial charge in [-0.15, -0.1) is 13.2 Å². The smallest absolute Gasteiger partial charge is 0.400 e. The average molecular weight is 288 g/mol. The van der Waals surface area contributed by atoms with Crippen molar-refractivity contribution < 1.29 is 26.7 Å². The van der Waals surface area contributed by atoms with Gasteiger partial charge in [-0.25, -0.2) is 8.78 Å². The molecule has 0 spiro atoms. The van der Waals surface area contributed by atoms with Crippen molar-refractivity contribution in [2.24, 2.45) is 0 Å². The van der Waals surface area contributed by atoms with E-state index in [1.807, 2.05) is 0 Å². The van der Waals surface area contributed by atoms with Crippen molar-refractivity contribution in [1.29, 1.82) is 0 Å². The highest BCUT2D eigenvalue weighted by atomic mass is 19.4. The van der Waals surface area contributed by atoms with E-state index in [2.05, 4.69) is 11.3 Å². The molecule has 0 unspecified atom stereocenters. The van der Waals surface area contributed by atoms with E-state index < -0.39 is 30.2 Å². The fraction of sp³-hybridized carbons (Fsp3) is 0.143. The fourth-order valence-electron chi connectivity index (χ4n) is 1.77. The number of hydrogen-bond acceptors (Lipinski definition) is 1. The van der Waals surface area contributed by atoms with Crippen LogP contribution in [0.15, 0.2) is 47.8 Å². The first-order valence-corrected chi connectivity index (χ1v) is 5.56. The second kappa shape index (κ2) is 5.11. The molecule has 0 aliphatic heterocycles. The fourth-order valence-corrected chi connectivity index (χ4v) is 1.77. The number of hydrogen-bond donors (Lipinski definition) is 0. The normalized spacial score (nSPS) is 16.2. The molecule has 6 heteroatoms. The summed E-state index contributed by atoms with van der Waals surface area (Å²) in [7, 11) is 0. The van der Waals surface area contributed by atoms with Crippen molar-refractivity contribution in [2.45, 2.75) is 12.8 Å². The Hall–Kier alpha value is -2.11. The standard InChI is InChI=1S/C14H9F5O/c1-8-2-4-9(5-3-8)10-6-11(15)13(12(16)7-10)20-14(17,18)19/h2-6H,1,7H2. The molecule has 1 aliphatic carbocycles. The van der Waals surface area contributed by atoms with E-state index in [0.29, 0.717) is 10.4 Å². The lowest BCUT2D eigenvalue weighted by Crippen LogP contribution is -2.17. The van der Waals surface area contributed by atoms with Gasteiger partial charge in [0.05, 0.1) is 0 Å². The van der Waals surface area contributed by atoms with Crippen LogP contribution in [0.1, 0.15) is 6.42 Å². The molecule has 0 saturated carbocycles. The van der Waals surface area contributed by atoms with Gasteiger partial charge in [-0.1, -0.05) is 30.8 Å². The first-order chi connectivity index (χ1) is 9.26. The van der Waals surface area contributed by atoms with Gasteiger partial charge in [0.15, 0.2) is 11.6 Å². The van der Waals surface area contributed by atoms with Crippen molar-refractivity contribution >= 4 is 12.2 Å². The largest absolute Gasteiger partial charge is 0.573 e. The summed E-state index contributed by atoms with van der Waals surface area (Å²) in [6.45, 7) is 3.66. The van der Waals surface area contributed by atoms with Gasteiger partial charge in [0, 0.05) is 6.42 Å². The Bertz CT molecular complexity index is 674. The third-order valence-electron chi connectivity index (χ3n) is 2.65. The SMILES string of the molecule is C=c1ccc(=C2C=C(F)C(OC(F)(F)F)=C(F)C2)cc1. The van der Waals surface area contributed by atoms with Crippen LogP contribution in [0.4, 0.5) is 22.0 Å². The zero-order valence-corrected chi connectivity index (χ0v) is 10.1. The molecular formula is C14H9F5O. The van der Waals surface area contributed by atoms with E-state index in [1.54, 1.807) is 24.3 Å². The summed E-state index contributed by atoms with van der Waals surface area (Å²) in [5.41, 5.74) is 0.231. The van der Waals surface area contributed by atoms with Crippen LogP contribution in [0.3, 0.4) is 0 Å². The second-order valence-electron chi connectivity index (χ2n) is 4.17. The van der Waals surface area contributed by atoms with Gasteiger partial charge in [-0.05, 0) is 22.1 Å². The minimum atomic E-state index is -5.13. The molecule has 0 atom stereocenters. The van der Waals surface area contributed by atoms with Crippen LogP contribution in [0, 0.1) is 0 Å². The summed E-state index contributed by atoms with van der Waals surface area (Å²) in [6, 6.07) is 6.45. The van der Waals surface area contributed by atoms with E-state index in [9.17, 15) is 22.0 Å². The summed E-state index contributed by atoms with van der Waals surface area (Å²) in [5, 5.41) is 1.22. The second-order valence-corrected chi connectivity index (χ2v) is 4.17. The quantitative estimate of drug-likeness (QED) is 0.721. The Morgan fingerprint density at radius 2 is 1.65 bits per heavy atom. The maximum absolute atomic E-state index is 13.6. The molecule has 0 saturated heterocycles. The maximum atomic E-state index is 13.6. The number of benzene rings is 1. The lowest BCUT2D eigenvalue weighted by Gasteiger charge is -2.16. The van der Waals surface area contributed by atoms with Crippen LogP contribution in [-0.2, 0) is 4.74 Å². The summed E-state index contributed by atoms with van der Waals surface area (Å²) in [5.74, 6) is -4.09. The van der Waals surface area contributed by atoms with Crippen LogP contribution in [0.5, 0.6) is 0 Å². The molecule has 1 aliphatic rings. The van der Waals surface area contributed by atoms with Crippen molar-refractivity contribution in [3.63, 3.8) is 0 Å². The Morgan fingerprint density at radius 3 is 2.15 bits per heavy atom. The molecule has 0 bridgehead atoms. The van der Waals surface area contributed by atoms with Crippen molar-refractivity contribution in [2.75, 3.05) is 0 Å². The topological polar surface area (TPSA) is 9.23 Å². The number of allylic oxidation sites excluding steroid dienone is 3. The zero-order chi connectivity index (χ0) is 14.9. The molecule has 0 heterocycles. The molecule has 1 aromatic rings. The first kappa shape index (κ1) is 14.3. The first-order valence-electron chi connectivity index (χ1n) is 5.56. The Morgan fingerprint density at radius 1 is 1.05 bits per heavy atom. The molecule has 20 heavy (non-hydrogen) atoms. The molecule has 0 amide bonds. The highest BCUT2D eigenvalue weighted by Crippen LogP contribution is 2.35. The van der Waals surface area contributed by atoms with Gasteiger partial charge in [-0.3, -0.25) is 0 Å². The van der Waals surface area contributed by atoms with Gasteiger partial charge in [0.2, 0.25) is 0 Å². The van der Waals surface area contributed by atoms with Crippen LogP contribution in [0.2, 0.25) is 0 Å².